The van der Waals surface area contributed by atoms with E-state index in [0.29, 0.717) is 0 Å². The second kappa shape index (κ2) is 4.07. The molecule has 0 saturated carbocycles. The van der Waals surface area contributed by atoms with Crippen LogP contribution in [0.15, 0.2) is 0 Å². The minimum atomic E-state index is -0.358. The molecule has 1 aliphatic rings. The zero-order valence-corrected chi connectivity index (χ0v) is 8.08. The molecule has 0 spiro atoms. The number of primary amides is 1. The van der Waals surface area contributed by atoms with E-state index in [2.05, 4.69) is 0 Å². The maximum absolute atomic E-state index is 10.7. The molecular weight excluding hydrogens is 168 g/mol. The van der Waals surface area contributed by atoms with Crippen molar-refractivity contribution in [1.82, 2.24) is 0 Å². The maximum Gasteiger partial charge on any atom is 0.219 e. The molecule has 1 amide bonds. The zero-order valence-electron chi connectivity index (χ0n) is 8.08. The van der Waals surface area contributed by atoms with Gasteiger partial charge in [0.1, 0.15) is 0 Å². The van der Waals surface area contributed by atoms with Crippen molar-refractivity contribution < 1.29 is 9.53 Å². The fourth-order valence-corrected chi connectivity index (χ4v) is 1.68. The second-order valence-electron chi connectivity index (χ2n) is 3.90. The lowest BCUT2D eigenvalue weighted by Gasteiger charge is -2.38. The summed E-state index contributed by atoms with van der Waals surface area (Å²) < 4.78 is 5.60. The van der Waals surface area contributed by atoms with Gasteiger partial charge in [-0.15, -0.1) is 0 Å². The number of nitrogens with two attached hydrogens (primary N) is 2. The first-order valence-corrected chi connectivity index (χ1v) is 4.72. The van der Waals surface area contributed by atoms with E-state index in [0.717, 1.165) is 25.9 Å². The van der Waals surface area contributed by atoms with E-state index in [1.807, 2.05) is 6.92 Å². The van der Waals surface area contributed by atoms with Gasteiger partial charge in [-0.25, -0.2) is 0 Å². The van der Waals surface area contributed by atoms with Crippen LogP contribution in [0.4, 0.5) is 0 Å². The predicted molar refractivity (Wildman–Crippen MR) is 50.0 cm³/mol. The van der Waals surface area contributed by atoms with Crippen molar-refractivity contribution in [2.45, 2.75) is 44.2 Å². The monoisotopic (exact) mass is 186 g/mol. The molecule has 2 atom stereocenters. The summed E-state index contributed by atoms with van der Waals surface area (Å²) in [6, 6.07) is -0.273. The molecule has 0 aromatic heterocycles. The number of carbonyl (C=O) groups is 1. The molecule has 4 heteroatoms. The van der Waals surface area contributed by atoms with Crippen molar-refractivity contribution in [2.24, 2.45) is 11.5 Å². The van der Waals surface area contributed by atoms with Gasteiger partial charge in [0.25, 0.3) is 0 Å². The summed E-state index contributed by atoms with van der Waals surface area (Å²) in [5.74, 6) is -0.358. The lowest BCUT2D eigenvalue weighted by molar-refractivity contribution is -0.123. The largest absolute Gasteiger partial charge is 0.374 e. The molecule has 0 bridgehead atoms. The quantitative estimate of drug-likeness (QED) is 0.658. The molecule has 0 aliphatic carbocycles. The summed E-state index contributed by atoms with van der Waals surface area (Å²) >= 11 is 0. The smallest absolute Gasteiger partial charge is 0.219 e. The van der Waals surface area contributed by atoms with Crippen LogP contribution in [-0.4, -0.2) is 24.2 Å². The van der Waals surface area contributed by atoms with Crippen LogP contribution in [0.1, 0.15) is 32.6 Å². The lowest BCUT2D eigenvalue weighted by Crippen LogP contribution is -2.51. The third-order valence-electron chi connectivity index (χ3n) is 2.70. The van der Waals surface area contributed by atoms with Gasteiger partial charge in [-0.3, -0.25) is 4.79 Å². The standard InChI is InChI=1S/C9H18N2O2/c1-9(4-2-3-5-13-9)7(10)6-8(11)12/h7H,2-6,10H2,1H3,(H2,11,12)/t7-,9?/m1/s1. The number of amides is 1. The Labute approximate surface area is 78.6 Å². The number of carbonyl (C=O) groups excluding carboxylic acids is 1. The highest BCUT2D eigenvalue weighted by atomic mass is 16.5. The number of ether oxygens (including phenoxy) is 1. The minimum absolute atomic E-state index is 0.205. The summed E-state index contributed by atoms with van der Waals surface area (Å²) in [5.41, 5.74) is 10.6. The maximum atomic E-state index is 10.7. The van der Waals surface area contributed by atoms with E-state index in [-0.39, 0.29) is 24.0 Å². The Kier molecular flexibility index (Phi) is 3.27. The second-order valence-corrected chi connectivity index (χ2v) is 3.90. The van der Waals surface area contributed by atoms with E-state index < -0.39 is 0 Å². The third-order valence-corrected chi connectivity index (χ3v) is 2.70. The summed E-state index contributed by atoms with van der Waals surface area (Å²) in [6.45, 7) is 2.70. The SMILES string of the molecule is CC1([C@H](N)CC(N)=O)CCCCO1. The molecule has 0 aromatic carbocycles. The molecule has 1 saturated heterocycles. The van der Waals surface area contributed by atoms with Crippen LogP contribution in [0.3, 0.4) is 0 Å². The predicted octanol–water partition coefficient (Wildman–Crippen LogP) is 0.148. The Morgan fingerprint density at radius 3 is 2.77 bits per heavy atom. The van der Waals surface area contributed by atoms with Crippen LogP contribution in [-0.2, 0) is 9.53 Å². The summed E-state index contributed by atoms with van der Waals surface area (Å²) in [4.78, 5) is 10.7. The van der Waals surface area contributed by atoms with E-state index in [1.54, 1.807) is 0 Å². The summed E-state index contributed by atoms with van der Waals surface area (Å²) in [7, 11) is 0. The molecule has 1 heterocycles. The topological polar surface area (TPSA) is 78.3 Å². The normalized spacial score (nSPS) is 31.2. The molecule has 76 valence electrons. The fraction of sp³-hybridized carbons (Fsp3) is 0.889. The molecular formula is C9H18N2O2. The van der Waals surface area contributed by atoms with Crippen molar-refractivity contribution >= 4 is 5.91 Å². The van der Waals surface area contributed by atoms with Crippen molar-refractivity contribution in [2.75, 3.05) is 6.61 Å². The molecule has 4 N–H and O–H groups in total. The third kappa shape index (κ3) is 2.67. The average Bonchev–Trinajstić information content (AvgIpc) is 2.04. The van der Waals surface area contributed by atoms with Crippen LogP contribution in [0.5, 0.6) is 0 Å². The van der Waals surface area contributed by atoms with Gasteiger partial charge in [0.2, 0.25) is 5.91 Å². The van der Waals surface area contributed by atoms with Crippen molar-refractivity contribution in [1.29, 1.82) is 0 Å². The molecule has 1 fully saturated rings. The lowest BCUT2D eigenvalue weighted by atomic mass is 9.87. The van der Waals surface area contributed by atoms with E-state index in [1.165, 1.54) is 0 Å². The van der Waals surface area contributed by atoms with Gasteiger partial charge in [-0.05, 0) is 26.2 Å². The van der Waals surface area contributed by atoms with E-state index in [4.69, 9.17) is 16.2 Å². The van der Waals surface area contributed by atoms with Crippen molar-refractivity contribution in [3.63, 3.8) is 0 Å². The van der Waals surface area contributed by atoms with Gasteiger partial charge in [0.05, 0.1) is 5.60 Å². The first kappa shape index (κ1) is 10.5. The molecule has 0 aromatic rings. The van der Waals surface area contributed by atoms with Crippen LogP contribution in [0.25, 0.3) is 0 Å². The van der Waals surface area contributed by atoms with Gasteiger partial charge in [-0.1, -0.05) is 0 Å². The van der Waals surface area contributed by atoms with E-state index >= 15 is 0 Å². The van der Waals surface area contributed by atoms with Gasteiger partial charge in [0, 0.05) is 19.1 Å². The number of hydrogen-bond donors (Lipinski definition) is 2. The molecule has 1 rings (SSSR count). The summed E-state index contributed by atoms with van der Waals surface area (Å²) in [6.07, 6.45) is 3.32. The van der Waals surface area contributed by atoms with Gasteiger partial charge in [0.15, 0.2) is 0 Å². The average molecular weight is 186 g/mol. The molecule has 4 nitrogen and oxygen atoms in total. The zero-order chi connectivity index (χ0) is 9.90. The van der Waals surface area contributed by atoms with Gasteiger partial charge >= 0.3 is 0 Å². The molecule has 1 aliphatic heterocycles. The molecule has 0 radical (unpaired) electrons. The Morgan fingerprint density at radius 1 is 1.62 bits per heavy atom. The first-order chi connectivity index (χ1) is 6.04. The van der Waals surface area contributed by atoms with Crippen LogP contribution >= 0.6 is 0 Å². The Morgan fingerprint density at radius 2 is 2.31 bits per heavy atom. The molecule has 13 heavy (non-hydrogen) atoms. The Bertz CT molecular complexity index is 188. The fourth-order valence-electron chi connectivity index (χ4n) is 1.68. The van der Waals surface area contributed by atoms with E-state index in [9.17, 15) is 4.79 Å². The minimum Gasteiger partial charge on any atom is -0.374 e. The van der Waals surface area contributed by atoms with Crippen LogP contribution in [0.2, 0.25) is 0 Å². The Hall–Kier alpha value is -0.610. The first-order valence-electron chi connectivity index (χ1n) is 4.72. The van der Waals surface area contributed by atoms with Crippen LogP contribution in [0, 0.1) is 0 Å². The highest BCUT2D eigenvalue weighted by molar-refractivity contribution is 5.74. The molecule has 1 unspecified atom stereocenters. The Balaban J connectivity index is 2.51. The van der Waals surface area contributed by atoms with Crippen LogP contribution < -0.4 is 11.5 Å². The summed E-state index contributed by atoms with van der Waals surface area (Å²) in [5, 5.41) is 0. The highest BCUT2D eigenvalue weighted by Crippen LogP contribution is 2.27. The van der Waals surface area contributed by atoms with Gasteiger partial charge < -0.3 is 16.2 Å². The van der Waals surface area contributed by atoms with Crippen molar-refractivity contribution in [3.8, 4) is 0 Å². The number of rotatable bonds is 3. The number of hydrogen-bond acceptors (Lipinski definition) is 3. The van der Waals surface area contributed by atoms with Gasteiger partial charge in [-0.2, -0.15) is 0 Å². The highest BCUT2D eigenvalue weighted by Gasteiger charge is 2.35. The van der Waals surface area contributed by atoms with Crippen molar-refractivity contribution in [3.05, 3.63) is 0 Å².